The summed E-state index contributed by atoms with van der Waals surface area (Å²) < 4.78 is 4.87. The van der Waals surface area contributed by atoms with Crippen LogP contribution in [-0.2, 0) is 32.3 Å². The van der Waals surface area contributed by atoms with Crippen LogP contribution in [0, 0.1) is 0 Å². The fourth-order valence-electron chi connectivity index (χ4n) is 1.24. The number of amides is 1. The molecule has 19 heavy (non-hydrogen) atoms. The second-order valence-electron chi connectivity index (χ2n) is 4.88. The third-order valence-corrected chi connectivity index (χ3v) is 2.77. The molecule has 1 amide bonds. The number of aromatic nitrogens is 1. The van der Waals surface area contributed by atoms with Crippen molar-refractivity contribution in [3.8, 4) is 0 Å². The lowest BCUT2D eigenvalue weighted by Gasteiger charge is -2.25. The summed E-state index contributed by atoms with van der Waals surface area (Å²) in [5, 5.41) is 1.92. The smallest absolute Gasteiger partial charge is 0.302 e. The molecule has 6 nitrogen and oxygen atoms in total. The quantitative estimate of drug-likeness (QED) is 0.454. The minimum Gasteiger partial charge on any atom is -0.460 e. The molecule has 0 aliphatic rings. The number of carbonyl (C=O) groups is 2. The van der Waals surface area contributed by atoms with Gasteiger partial charge in [0.05, 0.1) is 10.5 Å². The van der Waals surface area contributed by atoms with Gasteiger partial charge in [-0.2, -0.15) is 0 Å². The first-order valence-corrected chi connectivity index (χ1v) is 6.60. The van der Waals surface area contributed by atoms with E-state index < -0.39 is 5.60 Å². The van der Waals surface area contributed by atoms with E-state index in [-0.39, 0.29) is 19.1 Å². The van der Waals surface area contributed by atoms with Gasteiger partial charge in [-0.25, -0.2) is 10.0 Å². The lowest BCUT2D eigenvalue weighted by Crippen LogP contribution is -2.32. The number of carbonyl (C=O) groups excluding carboxylic acids is 2. The van der Waals surface area contributed by atoms with Crippen LogP contribution in [-0.4, -0.2) is 28.0 Å². The van der Waals surface area contributed by atoms with Crippen LogP contribution < -0.4 is 0 Å². The number of thiazole rings is 1. The van der Waals surface area contributed by atoms with Gasteiger partial charge in [-0.15, -0.1) is 11.3 Å². The second kappa shape index (κ2) is 6.63. The fraction of sp³-hybridized carbons (Fsp3) is 0.583. The summed E-state index contributed by atoms with van der Waals surface area (Å²) in [4.78, 5) is 32.0. The molecule has 0 bridgehead atoms. The highest BCUT2D eigenvalue weighted by molar-refractivity contribution is 7.11. The second-order valence-corrected chi connectivity index (χ2v) is 6.08. The van der Waals surface area contributed by atoms with Gasteiger partial charge in [0, 0.05) is 13.1 Å². The predicted molar refractivity (Wildman–Crippen MR) is 70.0 cm³/mol. The van der Waals surface area contributed by atoms with Crippen molar-refractivity contribution in [1.29, 1.82) is 0 Å². The minimum atomic E-state index is -0.446. The Morgan fingerprint density at radius 3 is 2.74 bits per heavy atom. The van der Waals surface area contributed by atoms with Gasteiger partial charge in [0.2, 0.25) is 6.41 Å². The molecule has 0 aromatic carbocycles. The van der Waals surface area contributed by atoms with Crippen LogP contribution in [0.5, 0.6) is 0 Å². The fourth-order valence-corrected chi connectivity index (χ4v) is 2.06. The molecule has 0 saturated carbocycles. The highest BCUT2D eigenvalue weighted by atomic mass is 32.1. The third kappa shape index (κ3) is 6.30. The zero-order chi connectivity index (χ0) is 14.5. The standard InChI is InChI=1S/C12H18N2O4S/c1-9(16)17-7-10-5-13-11(19-10)6-14(8-15)18-12(2,3)4/h5,8H,6-7H2,1-4H3. The normalized spacial score (nSPS) is 11.2. The largest absolute Gasteiger partial charge is 0.460 e. The summed E-state index contributed by atoms with van der Waals surface area (Å²) >= 11 is 1.38. The molecule has 1 aromatic rings. The molecule has 7 heteroatoms. The van der Waals surface area contributed by atoms with Gasteiger partial charge < -0.3 is 4.74 Å². The van der Waals surface area contributed by atoms with Crippen LogP contribution >= 0.6 is 11.3 Å². The average Bonchev–Trinajstić information content (AvgIpc) is 2.71. The molecule has 106 valence electrons. The van der Waals surface area contributed by atoms with Crippen molar-refractivity contribution >= 4 is 23.7 Å². The number of hydroxylamine groups is 2. The molecule has 0 aliphatic heterocycles. The first-order valence-electron chi connectivity index (χ1n) is 5.78. The van der Waals surface area contributed by atoms with Crippen molar-refractivity contribution in [2.24, 2.45) is 0 Å². The number of nitrogens with zero attached hydrogens (tertiary/aromatic N) is 2. The highest BCUT2D eigenvalue weighted by Crippen LogP contribution is 2.17. The lowest BCUT2D eigenvalue weighted by atomic mass is 10.2. The van der Waals surface area contributed by atoms with Crippen molar-refractivity contribution in [1.82, 2.24) is 10.0 Å². The Kier molecular flexibility index (Phi) is 5.44. The van der Waals surface area contributed by atoms with Crippen LogP contribution in [0.4, 0.5) is 0 Å². The maximum atomic E-state index is 10.9. The molecule has 1 rings (SSSR count). The van der Waals surface area contributed by atoms with E-state index in [2.05, 4.69) is 4.98 Å². The summed E-state index contributed by atoms with van der Waals surface area (Å²) in [7, 11) is 0. The summed E-state index contributed by atoms with van der Waals surface area (Å²) in [6, 6.07) is 0. The Morgan fingerprint density at radius 2 is 2.21 bits per heavy atom. The number of rotatable bonds is 6. The topological polar surface area (TPSA) is 68.7 Å². The molecule has 1 aromatic heterocycles. The predicted octanol–water partition coefficient (Wildman–Crippen LogP) is 1.89. The highest BCUT2D eigenvalue weighted by Gasteiger charge is 2.17. The van der Waals surface area contributed by atoms with E-state index in [1.165, 1.54) is 23.3 Å². The summed E-state index contributed by atoms with van der Waals surface area (Å²) in [5.41, 5.74) is -0.446. The van der Waals surface area contributed by atoms with Crippen molar-refractivity contribution in [3.63, 3.8) is 0 Å². The van der Waals surface area contributed by atoms with Crippen molar-refractivity contribution in [2.45, 2.75) is 46.4 Å². The Bertz CT molecular complexity index is 439. The Labute approximate surface area is 116 Å². The first-order chi connectivity index (χ1) is 8.80. The van der Waals surface area contributed by atoms with E-state index in [1.54, 1.807) is 6.20 Å². The third-order valence-electron chi connectivity index (χ3n) is 1.82. The number of hydrogen-bond donors (Lipinski definition) is 0. The van der Waals surface area contributed by atoms with E-state index in [9.17, 15) is 9.59 Å². The Balaban J connectivity index is 2.56. The molecule has 0 unspecified atom stereocenters. The molecule has 0 aliphatic carbocycles. The average molecular weight is 286 g/mol. The zero-order valence-electron chi connectivity index (χ0n) is 11.5. The van der Waals surface area contributed by atoms with Crippen LogP contribution in [0.2, 0.25) is 0 Å². The van der Waals surface area contributed by atoms with Crippen molar-refractivity contribution in [2.75, 3.05) is 0 Å². The number of ether oxygens (including phenoxy) is 1. The number of esters is 1. The van der Waals surface area contributed by atoms with E-state index in [0.29, 0.717) is 6.41 Å². The maximum Gasteiger partial charge on any atom is 0.302 e. The molecule has 0 fully saturated rings. The van der Waals surface area contributed by atoms with Gasteiger partial charge in [-0.05, 0) is 20.8 Å². The van der Waals surface area contributed by atoms with E-state index in [4.69, 9.17) is 9.57 Å². The van der Waals surface area contributed by atoms with Gasteiger partial charge in [0.1, 0.15) is 18.2 Å². The van der Waals surface area contributed by atoms with Crippen LogP contribution in [0.15, 0.2) is 6.20 Å². The van der Waals surface area contributed by atoms with E-state index >= 15 is 0 Å². The van der Waals surface area contributed by atoms with Gasteiger partial charge in [0.25, 0.3) is 0 Å². The Hall–Kier alpha value is -1.47. The lowest BCUT2D eigenvalue weighted by molar-refractivity contribution is -0.220. The van der Waals surface area contributed by atoms with Gasteiger partial charge in [0.15, 0.2) is 0 Å². The Morgan fingerprint density at radius 1 is 1.53 bits per heavy atom. The summed E-state index contributed by atoms with van der Waals surface area (Å²) in [6.45, 7) is 7.40. The van der Waals surface area contributed by atoms with Gasteiger partial charge >= 0.3 is 5.97 Å². The molecule has 0 radical (unpaired) electrons. The van der Waals surface area contributed by atoms with E-state index in [1.807, 2.05) is 20.8 Å². The molecule has 1 heterocycles. The van der Waals surface area contributed by atoms with E-state index in [0.717, 1.165) is 9.88 Å². The van der Waals surface area contributed by atoms with Crippen LogP contribution in [0.3, 0.4) is 0 Å². The molecule has 0 saturated heterocycles. The van der Waals surface area contributed by atoms with Crippen molar-refractivity contribution < 1.29 is 19.2 Å². The summed E-state index contributed by atoms with van der Waals surface area (Å²) in [5.74, 6) is -0.333. The maximum absolute atomic E-state index is 10.9. The molecule has 0 spiro atoms. The van der Waals surface area contributed by atoms with Crippen LogP contribution in [0.25, 0.3) is 0 Å². The monoisotopic (exact) mass is 286 g/mol. The minimum absolute atomic E-state index is 0.203. The zero-order valence-corrected chi connectivity index (χ0v) is 12.3. The van der Waals surface area contributed by atoms with Crippen LogP contribution in [0.1, 0.15) is 37.6 Å². The molecule has 0 atom stereocenters. The molecular formula is C12H18N2O4S. The first kappa shape index (κ1) is 15.6. The summed E-state index contributed by atoms with van der Waals surface area (Å²) in [6.07, 6.45) is 2.25. The van der Waals surface area contributed by atoms with Gasteiger partial charge in [-0.3, -0.25) is 14.4 Å². The SMILES string of the molecule is CC(=O)OCc1cnc(CN(C=O)OC(C)(C)C)s1. The molecule has 0 N–H and O–H groups in total. The van der Waals surface area contributed by atoms with Gasteiger partial charge in [-0.1, -0.05) is 0 Å². The van der Waals surface area contributed by atoms with Crippen molar-refractivity contribution in [3.05, 3.63) is 16.1 Å². The molecular weight excluding hydrogens is 268 g/mol. The number of hydrogen-bond acceptors (Lipinski definition) is 6.